The Morgan fingerprint density at radius 2 is 1.77 bits per heavy atom. The van der Waals surface area contributed by atoms with Gasteiger partial charge in [-0.2, -0.15) is 0 Å². The first-order chi connectivity index (χ1) is 10.5. The van der Waals surface area contributed by atoms with Gasteiger partial charge in [-0.05, 0) is 48.9 Å². The summed E-state index contributed by atoms with van der Waals surface area (Å²) in [6.45, 7) is 1.92. The van der Waals surface area contributed by atoms with E-state index in [0.29, 0.717) is 5.69 Å². The van der Waals surface area contributed by atoms with Crippen molar-refractivity contribution in [3.8, 4) is 10.6 Å². The Morgan fingerprint density at radius 1 is 1.05 bits per heavy atom. The van der Waals surface area contributed by atoms with Crippen LogP contribution in [0.4, 0.5) is 0 Å². The molecular formula is C15H11ClN2O2S2. The van der Waals surface area contributed by atoms with E-state index >= 15 is 0 Å². The van der Waals surface area contributed by atoms with E-state index in [1.165, 1.54) is 0 Å². The van der Waals surface area contributed by atoms with Crippen molar-refractivity contribution in [2.45, 2.75) is 16.0 Å². The quantitative estimate of drug-likeness (QED) is 0.670. The molecule has 0 aliphatic rings. The van der Waals surface area contributed by atoms with Crippen LogP contribution < -0.4 is 0 Å². The van der Waals surface area contributed by atoms with Crippen LogP contribution in [0.25, 0.3) is 10.6 Å². The number of nitrogens with zero attached hydrogens (tertiary/aromatic N) is 2. The summed E-state index contributed by atoms with van der Waals surface area (Å²) in [5.74, 6) is 0. The molecule has 0 aliphatic heterocycles. The fourth-order valence-corrected chi connectivity index (χ4v) is 4.73. The number of hydrogen-bond donors (Lipinski definition) is 0. The number of halogens is 1. The Morgan fingerprint density at radius 3 is 2.45 bits per heavy atom. The van der Waals surface area contributed by atoms with Gasteiger partial charge in [-0.25, -0.2) is 18.4 Å². The number of aromatic nitrogens is 2. The number of rotatable bonds is 3. The Balaban J connectivity index is 2.01. The van der Waals surface area contributed by atoms with E-state index in [0.717, 1.165) is 21.8 Å². The second-order valence-corrected chi connectivity index (χ2v) is 8.24. The van der Waals surface area contributed by atoms with Gasteiger partial charge < -0.3 is 0 Å². The van der Waals surface area contributed by atoms with E-state index in [2.05, 4.69) is 9.97 Å². The minimum absolute atomic E-state index is 0.133. The average Bonchev–Trinajstić information content (AvgIpc) is 2.98. The standard InChI is InChI=1S/C15H11ClN2O2S2/c1-10-2-4-11(5-3-10)22(19,20)14-7-6-13(21-14)12-8-9-17-15(16)18-12/h2-9H,1H3. The molecule has 0 saturated carbocycles. The molecule has 0 N–H and O–H groups in total. The van der Waals surface area contributed by atoms with E-state index in [9.17, 15) is 8.42 Å². The normalized spacial score (nSPS) is 11.5. The zero-order valence-electron chi connectivity index (χ0n) is 11.5. The summed E-state index contributed by atoms with van der Waals surface area (Å²) in [6.07, 6.45) is 1.54. The van der Waals surface area contributed by atoms with Gasteiger partial charge in [0.1, 0.15) is 4.21 Å². The maximum absolute atomic E-state index is 12.6. The summed E-state index contributed by atoms with van der Waals surface area (Å²) in [7, 11) is -3.51. The molecular weight excluding hydrogens is 340 g/mol. The molecule has 0 aliphatic carbocycles. The third-order valence-electron chi connectivity index (χ3n) is 3.06. The molecule has 3 rings (SSSR count). The highest BCUT2D eigenvalue weighted by Crippen LogP contribution is 2.33. The topological polar surface area (TPSA) is 59.9 Å². The number of hydrogen-bond acceptors (Lipinski definition) is 5. The Kier molecular flexibility index (Phi) is 3.99. The summed E-state index contributed by atoms with van der Waals surface area (Å²) >= 11 is 6.93. The summed E-state index contributed by atoms with van der Waals surface area (Å²) < 4.78 is 25.5. The first kappa shape index (κ1) is 15.1. The van der Waals surface area contributed by atoms with Crippen LogP contribution in [0.15, 0.2) is 57.8 Å². The predicted molar refractivity (Wildman–Crippen MR) is 87.0 cm³/mol. The smallest absolute Gasteiger partial charge is 0.222 e. The van der Waals surface area contributed by atoms with E-state index in [4.69, 9.17) is 11.6 Å². The summed E-state index contributed by atoms with van der Waals surface area (Å²) in [5, 5.41) is 0.133. The number of sulfone groups is 1. The molecule has 0 atom stereocenters. The molecule has 0 radical (unpaired) electrons. The van der Waals surface area contributed by atoms with Crippen LogP contribution in [0.5, 0.6) is 0 Å². The zero-order chi connectivity index (χ0) is 15.7. The SMILES string of the molecule is Cc1ccc(S(=O)(=O)c2ccc(-c3ccnc(Cl)n3)s2)cc1. The molecule has 3 aromatic rings. The third kappa shape index (κ3) is 2.90. The lowest BCUT2D eigenvalue weighted by Crippen LogP contribution is -1.99. The number of thiophene rings is 1. The fourth-order valence-electron chi connectivity index (χ4n) is 1.91. The third-order valence-corrected chi connectivity index (χ3v) is 6.61. The van der Waals surface area contributed by atoms with Gasteiger partial charge in [0.2, 0.25) is 15.1 Å². The molecule has 0 amide bonds. The maximum atomic E-state index is 12.6. The van der Waals surface area contributed by atoms with Crippen molar-refractivity contribution in [1.82, 2.24) is 9.97 Å². The molecule has 0 spiro atoms. The minimum Gasteiger partial charge on any atom is -0.226 e. The van der Waals surface area contributed by atoms with Gasteiger partial charge in [0.25, 0.3) is 0 Å². The lowest BCUT2D eigenvalue weighted by atomic mass is 10.2. The Hall–Kier alpha value is -1.76. The van der Waals surface area contributed by atoms with Crippen molar-refractivity contribution < 1.29 is 8.42 Å². The summed E-state index contributed by atoms with van der Waals surface area (Å²) in [4.78, 5) is 8.93. The van der Waals surface area contributed by atoms with Gasteiger partial charge >= 0.3 is 0 Å². The molecule has 1 aromatic carbocycles. The number of aryl methyl sites for hydroxylation is 1. The van der Waals surface area contributed by atoms with Crippen LogP contribution in [-0.2, 0) is 9.84 Å². The number of benzene rings is 1. The highest BCUT2D eigenvalue weighted by atomic mass is 35.5. The lowest BCUT2D eigenvalue weighted by molar-refractivity contribution is 0.598. The van der Waals surface area contributed by atoms with Gasteiger partial charge in [-0.3, -0.25) is 0 Å². The average molecular weight is 351 g/mol. The van der Waals surface area contributed by atoms with E-state index in [1.807, 2.05) is 6.92 Å². The van der Waals surface area contributed by atoms with Crippen molar-refractivity contribution in [3.63, 3.8) is 0 Å². The van der Waals surface area contributed by atoms with Gasteiger partial charge in [-0.15, -0.1) is 11.3 Å². The predicted octanol–water partition coefficient (Wildman–Crippen LogP) is 4.00. The molecule has 4 nitrogen and oxygen atoms in total. The first-order valence-electron chi connectivity index (χ1n) is 6.37. The second kappa shape index (κ2) is 5.79. The van der Waals surface area contributed by atoms with Crippen molar-refractivity contribution in [2.75, 3.05) is 0 Å². The monoisotopic (exact) mass is 350 g/mol. The van der Waals surface area contributed by atoms with Crippen LogP contribution in [0.2, 0.25) is 5.28 Å². The van der Waals surface area contributed by atoms with Crippen molar-refractivity contribution >= 4 is 32.8 Å². The molecule has 112 valence electrons. The largest absolute Gasteiger partial charge is 0.226 e. The van der Waals surface area contributed by atoms with Crippen molar-refractivity contribution in [2.24, 2.45) is 0 Å². The highest BCUT2D eigenvalue weighted by molar-refractivity contribution is 7.93. The summed E-state index contributed by atoms with van der Waals surface area (Å²) in [6, 6.07) is 11.8. The van der Waals surface area contributed by atoms with Crippen LogP contribution in [0.3, 0.4) is 0 Å². The zero-order valence-corrected chi connectivity index (χ0v) is 13.9. The van der Waals surface area contributed by atoms with Crippen LogP contribution in [0.1, 0.15) is 5.56 Å². The second-order valence-electron chi connectivity index (χ2n) is 4.65. The molecule has 0 unspecified atom stereocenters. The Bertz CT molecular complexity index is 919. The Labute approximate surface area is 137 Å². The fraction of sp³-hybridized carbons (Fsp3) is 0.0667. The highest BCUT2D eigenvalue weighted by Gasteiger charge is 2.20. The molecule has 7 heteroatoms. The van der Waals surface area contributed by atoms with Crippen LogP contribution in [-0.4, -0.2) is 18.4 Å². The molecule has 0 fully saturated rings. The molecule has 2 heterocycles. The molecule has 22 heavy (non-hydrogen) atoms. The van der Waals surface area contributed by atoms with Crippen molar-refractivity contribution in [3.05, 3.63) is 59.5 Å². The van der Waals surface area contributed by atoms with Crippen LogP contribution >= 0.6 is 22.9 Å². The lowest BCUT2D eigenvalue weighted by Gasteiger charge is -2.02. The van der Waals surface area contributed by atoms with Gasteiger partial charge in [0.15, 0.2) is 0 Å². The van der Waals surface area contributed by atoms with E-state index < -0.39 is 9.84 Å². The van der Waals surface area contributed by atoms with Crippen molar-refractivity contribution in [1.29, 1.82) is 0 Å². The molecule has 0 saturated heterocycles. The van der Waals surface area contributed by atoms with E-state index in [1.54, 1.807) is 48.7 Å². The molecule has 2 aromatic heterocycles. The van der Waals surface area contributed by atoms with Crippen LogP contribution in [0, 0.1) is 6.92 Å². The summed E-state index contributed by atoms with van der Waals surface area (Å²) in [5.41, 5.74) is 1.62. The molecule has 0 bridgehead atoms. The maximum Gasteiger partial charge on any atom is 0.222 e. The minimum atomic E-state index is -3.51. The van der Waals surface area contributed by atoms with Gasteiger partial charge in [0, 0.05) is 6.20 Å². The van der Waals surface area contributed by atoms with Gasteiger partial charge in [0.05, 0.1) is 15.5 Å². The van der Waals surface area contributed by atoms with Gasteiger partial charge in [-0.1, -0.05) is 17.7 Å². The van der Waals surface area contributed by atoms with E-state index in [-0.39, 0.29) is 14.4 Å². The first-order valence-corrected chi connectivity index (χ1v) is 9.05.